The monoisotopic (exact) mass is 242 g/mol. The van der Waals surface area contributed by atoms with E-state index in [0.717, 1.165) is 6.07 Å². The van der Waals surface area contributed by atoms with E-state index in [1.54, 1.807) is 6.92 Å². The molecular formula is C12H15FO4. The molecule has 1 rings (SSSR count). The number of aromatic hydroxyl groups is 1. The SMILES string of the molecule is COc1cc(O)c(F)c(C(C)CC=O)c1OC. The zero-order chi connectivity index (χ0) is 13.0. The van der Waals surface area contributed by atoms with Gasteiger partial charge in [0.2, 0.25) is 0 Å². The number of halogens is 1. The Balaban J connectivity index is 3.42. The third-order valence-corrected chi connectivity index (χ3v) is 2.56. The van der Waals surface area contributed by atoms with Gasteiger partial charge in [-0.15, -0.1) is 0 Å². The van der Waals surface area contributed by atoms with E-state index >= 15 is 0 Å². The van der Waals surface area contributed by atoms with Gasteiger partial charge in [0.05, 0.1) is 14.2 Å². The van der Waals surface area contributed by atoms with Crippen molar-refractivity contribution in [3.63, 3.8) is 0 Å². The number of phenolic OH excluding ortho intramolecular Hbond substituents is 1. The van der Waals surface area contributed by atoms with Gasteiger partial charge in [0.25, 0.3) is 0 Å². The van der Waals surface area contributed by atoms with Crippen LogP contribution >= 0.6 is 0 Å². The smallest absolute Gasteiger partial charge is 0.172 e. The first-order valence-corrected chi connectivity index (χ1v) is 5.13. The number of aldehydes is 1. The van der Waals surface area contributed by atoms with Gasteiger partial charge in [0, 0.05) is 18.1 Å². The molecule has 0 aliphatic heterocycles. The zero-order valence-electron chi connectivity index (χ0n) is 9.99. The summed E-state index contributed by atoms with van der Waals surface area (Å²) in [6, 6.07) is 1.14. The fourth-order valence-corrected chi connectivity index (χ4v) is 1.69. The van der Waals surface area contributed by atoms with E-state index in [9.17, 15) is 14.3 Å². The number of ether oxygens (including phenoxy) is 2. The number of methoxy groups -OCH3 is 2. The van der Waals surface area contributed by atoms with Crippen LogP contribution in [0, 0.1) is 5.82 Å². The number of phenols is 1. The fourth-order valence-electron chi connectivity index (χ4n) is 1.69. The fraction of sp³-hybridized carbons (Fsp3) is 0.417. The zero-order valence-corrected chi connectivity index (χ0v) is 9.99. The number of hydrogen-bond acceptors (Lipinski definition) is 4. The quantitative estimate of drug-likeness (QED) is 0.804. The maximum absolute atomic E-state index is 13.8. The summed E-state index contributed by atoms with van der Waals surface area (Å²) in [6.07, 6.45) is 0.833. The average Bonchev–Trinajstić information content (AvgIpc) is 2.31. The third kappa shape index (κ3) is 2.49. The lowest BCUT2D eigenvalue weighted by molar-refractivity contribution is -0.108. The van der Waals surface area contributed by atoms with Crippen LogP contribution < -0.4 is 9.47 Å². The Bertz CT molecular complexity index is 417. The molecule has 0 aromatic heterocycles. The molecule has 0 amide bonds. The van der Waals surface area contributed by atoms with Crippen LogP contribution in [-0.2, 0) is 4.79 Å². The van der Waals surface area contributed by atoms with Gasteiger partial charge in [0.15, 0.2) is 23.1 Å². The molecule has 4 nitrogen and oxygen atoms in total. The third-order valence-electron chi connectivity index (χ3n) is 2.56. The molecule has 0 bridgehead atoms. The van der Waals surface area contributed by atoms with Gasteiger partial charge >= 0.3 is 0 Å². The first-order valence-electron chi connectivity index (χ1n) is 5.13. The van der Waals surface area contributed by atoms with Crippen molar-refractivity contribution in [2.45, 2.75) is 19.3 Å². The van der Waals surface area contributed by atoms with Gasteiger partial charge in [-0.05, 0) is 5.92 Å². The van der Waals surface area contributed by atoms with Crippen LogP contribution in [0.5, 0.6) is 17.2 Å². The Morgan fingerprint density at radius 1 is 1.47 bits per heavy atom. The van der Waals surface area contributed by atoms with E-state index in [-0.39, 0.29) is 23.5 Å². The summed E-state index contributed by atoms with van der Waals surface area (Å²) in [5.41, 5.74) is 0.149. The Hall–Kier alpha value is -1.78. The van der Waals surface area contributed by atoms with E-state index in [2.05, 4.69) is 0 Å². The van der Waals surface area contributed by atoms with Gasteiger partial charge in [-0.1, -0.05) is 6.92 Å². The van der Waals surface area contributed by atoms with Gasteiger partial charge in [0.1, 0.15) is 6.29 Å². The lowest BCUT2D eigenvalue weighted by Gasteiger charge is -2.18. The molecule has 0 heterocycles. The molecule has 1 unspecified atom stereocenters. The minimum atomic E-state index is -0.781. The molecule has 1 aromatic rings. The second-order valence-electron chi connectivity index (χ2n) is 3.66. The molecule has 1 N–H and O–H groups in total. The maximum Gasteiger partial charge on any atom is 0.172 e. The highest BCUT2D eigenvalue weighted by molar-refractivity contribution is 5.57. The van der Waals surface area contributed by atoms with Crippen LogP contribution in [0.25, 0.3) is 0 Å². The van der Waals surface area contributed by atoms with E-state index in [1.165, 1.54) is 14.2 Å². The second-order valence-corrected chi connectivity index (χ2v) is 3.66. The van der Waals surface area contributed by atoms with Crippen molar-refractivity contribution in [3.05, 3.63) is 17.4 Å². The predicted molar refractivity (Wildman–Crippen MR) is 60.3 cm³/mol. The second kappa shape index (κ2) is 5.52. The summed E-state index contributed by atoms with van der Waals surface area (Å²) in [5.74, 6) is -1.26. The Morgan fingerprint density at radius 3 is 2.59 bits per heavy atom. The minimum absolute atomic E-state index is 0.139. The van der Waals surface area contributed by atoms with Crippen molar-refractivity contribution in [1.29, 1.82) is 0 Å². The molecule has 0 radical (unpaired) electrons. The van der Waals surface area contributed by atoms with Crippen LogP contribution in [0.4, 0.5) is 4.39 Å². The highest BCUT2D eigenvalue weighted by Gasteiger charge is 2.23. The summed E-state index contributed by atoms with van der Waals surface area (Å²) in [5, 5.41) is 9.45. The molecule has 0 saturated heterocycles. The Morgan fingerprint density at radius 2 is 2.12 bits per heavy atom. The van der Waals surface area contributed by atoms with E-state index in [4.69, 9.17) is 9.47 Å². The molecule has 94 valence electrons. The van der Waals surface area contributed by atoms with E-state index in [1.807, 2.05) is 0 Å². The number of carbonyl (C=O) groups excluding carboxylic acids is 1. The molecule has 0 aliphatic rings. The number of hydrogen-bond donors (Lipinski definition) is 1. The van der Waals surface area contributed by atoms with Gasteiger partial charge in [-0.3, -0.25) is 0 Å². The topological polar surface area (TPSA) is 55.8 Å². The molecule has 0 fully saturated rings. The molecule has 5 heteroatoms. The van der Waals surface area contributed by atoms with Crippen LogP contribution in [0.2, 0.25) is 0 Å². The number of carbonyl (C=O) groups is 1. The van der Waals surface area contributed by atoms with Crippen molar-refractivity contribution < 1.29 is 23.8 Å². The average molecular weight is 242 g/mol. The summed E-state index contributed by atoms with van der Waals surface area (Å²) in [4.78, 5) is 10.5. The molecule has 1 aromatic carbocycles. The standard InChI is InChI=1S/C12H15FO4/c1-7(4-5-14)10-11(13)8(15)6-9(16-2)12(10)17-3/h5-7,15H,4H2,1-3H3. The van der Waals surface area contributed by atoms with Crippen molar-refractivity contribution in [1.82, 2.24) is 0 Å². The summed E-state index contributed by atoms with van der Waals surface area (Å²) in [6.45, 7) is 1.67. The largest absolute Gasteiger partial charge is 0.505 e. The molecule has 0 aliphatic carbocycles. The van der Waals surface area contributed by atoms with Crippen molar-refractivity contribution in [2.24, 2.45) is 0 Å². The van der Waals surface area contributed by atoms with Gasteiger partial charge < -0.3 is 19.4 Å². The molecule has 17 heavy (non-hydrogen) atoms. The van der Waals surface area contributed by atoms with Crippen molar-refractivity contribution in [2.75, 3.05) is 14.2 Å². The molecule has 0 spiro atoms. The lowest BCUT2D eigenvalue weighted by Crippen LogP contribution is -2.04. The van der Waals surface area contributed by atoms with Gasteiger partial charge in [-0.2, -0.15) is 0 Å². The molecule has 0 saturated carbocycles. The number of benzene rings is 1. The highest BCUT2D eigenvalue weighted by Crippen LogP contribution is 2.42. The van der Waals surface area contributed by atoms with Crippen LogP contribution in [0.15, 0.2) is 6.07 Å². The van der Waals surface area contributed by atoms with E-state index < -0.39 is 17.5 Å². The normalized spacial score (nSPS) is 12.0. The Labute approximate surface area is 99.0 Å². The molecular weight excluding hydrogens is 227 g/mol. The Kier molecular flexibility index (Phi) is 4.31. The summed E-state index contributed by atoms with van der Waals surface area (Å²) >= 11 is 0. The predicted octanol–water partition coefficient (Wildman–Crippen LogP) is 2.24. The summed E-state index contributed by atoms with van der Waals surface area (Å²) in [7, 11) is 2.77. The maximum atomic E-state index is 13.8. The first-order chi connectivity index (χ1) is 8.06. The molecule has 1 atom stereocenters. The van der Waals surface area contributed by atoms with Crippen LogP contribution in [-0.4, -0.2) is 25.6 Å². The van der Waals surface area contributed by atoms with Crippen molar-refractivity contribution in [3.8, 4) is 17.2 Å². The first kappa shape index (κ1) is 13.3. The number of rotatable bonds is 5. The summed E-state index contributed by atoms with van der Waals surface area (Å²) < 4.78 is 23.9. The van der Waals surface area contributed by atoms with Crippen LogP contribution in [0.1, 0.15) is 24.8 Å². The van der Waals surface area contributed by atoms with Gasteiger partial charge in [-0.25, -0.2) is 4.39 Å². The van der Waals surface area contributed by atoms with Crippen molar-refractivity contribution >= 4 is 6.29 Å². The highest BCUT2D eigenvalue weighted by atomic mass is 19.1. The van der Waals surface area contributed by atoms with E-state index in [0.29, 0.717) is 6.29 Å². The van der Waals surface area contributed by atoms with Crippen LogP contribution in [0.3, 0.4) is 0 Å². The minimum Gasteiger partial charge on any atom is -0.505 e. The lowest BCUT2D eigenvalue weighted by atomic mass is 9.96.